The van der Waals surface area contributed by atoms with Gasteiger partial charge in [0.05, 0.1) is 5.56 Å². The third-order valence-electron chi connectivity index (χ3n) is 4.90. The number of nitrogens with two attached hydrogens (primary N) is 1. The third-order valence-corrected chi connectivity index (χ3v) is 4.90. The molecule has 126 valence electrons. The standard InChI is InChI=1S/C18H28N4O/c1-18(2,12-22-8-3-4-9-22)11-20-17-14(16(19)23)10-13-6-5-7-15(13)21-17/h10H,3-9,11-12H2,1-2H3,(H2,19,23)(H,20,21). The third kappa shape index (κ3) is 3.83. The number of nitrogens with zero attached hydrogens (tertiary/aromatic N) is 2. The van der Waals surface area contributed by atoms with E-state index < -0.39 is 5.91 Å². The van der Waals surface area contributed by atoms with Gasteiger partial charge in [0, 0.05) is 18.8 Å². The van der Waals surface area contributed by atoms with E-state index in [-0.39, 0.29) is 5.41 Å². The maximum atomic E-state index is 11.8. The molecule has 0 bridgehead atoms. The number of fused-ring (bicyclic) bond motifs is 1. The minimum atomic E-state index is -0.396. The van der Waals surface area contributed by atoms with Gasteiger partial charge in [0.2, 0.25) is 0 Å². The van der Waals surface area contributed by atoms with Crippen LogP contribution in [0, 0.1) is 5.41 Å². The molecular formula is C18H28N4O. The van der Waals surface area contributed by atoms with Crippen LogP contribution in [0.15, 0.2) is 6.07 Å². The van der Waals surface area contributed by atoms with Crippen molar-refractivity contribution in [2.75, 3.05) is 31.5 Å². The Morgan fingerprint density at radius 2 is 2.04 bits per heavy atom. The minimum Gasteiger partial charge on any atom is -0.369 e. The quantitative estimate of drug-likeness (QED) is 0.844. The molecule has 0 saturated carbocycles. The van der Waals surface area contributed by atoms with Crippen LogP contribution in [0.5, 0.6) is 0 Å². The zero-order valence-corrected chi connectivity index (χ0v) is 14.3. The summed E-state index contributed by atoms with van der Waals surface area (Å²) in [5.74, 6) is 0.264. The van der Waals surface area contributed by atoms with Gasteiger partial charge in [-0.15, -0.1) is 0 Å². The Labute approximate surface area is 138 Å². The van der Waals surface area contributed by atoms with Gasteiger partial charge >= 0.3 is 0 Å². The number of carbonyl (C=O) groups is 1. The van der Waals surface area contributed by atoms with Crippen LogP contribution >= 0.6 is 0 Å². The van der Waals surface area contributed by atoms with Gasteiger partial charge in [-0.2, -0.15) is 0 Å². The lowest BCUT2D eigenvalue weighted by Gasteiger charge is -2.30. The molecule has 23 heavy (non-hydrogen) atoms. The molecule has 1 saturated heterocycles. The number of carbonyl (C=O) groups excluding carboxylic acids is 1. The van der Waals surface area contributed by atoms with Crippen molar-refractivity contribution in [3.63, 3.8) is 0 Å². The van der Waals surface area contributed by atoms with Gasteiger partial charge in [-0.1, -0.05) is 13.8 Å². The topological polar surface area (TPSA) is 71.2 Å². The number of hydrogen-bond donors (Lipinski definition) is 2. The molecule has 0 radical (unpaired) electrons. The van der Waals surface area contributed by atoms with Crippen molar-refractivity contribution in [3.8, 4) is 0 Å². The molecule has 3 N–H and O–H groups in total. The van der Waals surface area contributed by atoms with E-state index in [4.69, 9.17) is 5.73 Å². The zero-order valence-electron chi connectivity index (χ0n) is 14.3. The van der Waals surface area contributed by atoms with Crippen LogP contribution in [-0.4, -0.2) is 42.0 Å². The molecule has 0 unspecified atom stereocenters. The molecular weight excluding hydrogens is 288 g/mol. The number of pyridine rings is 1. The number of aryl methyl sites for hydroxylation is 2. The van der Waals surface area contributed by atoms with Crippen LogP contribution in [-0.2, 0) is 12.8 Å². The fraction of sp³-hybridized carbons (Fsp3) is 0.667. The van der Waals surface area contributed by atoms with E-state index in [2.05, 4.69) is 29.0 Å². The van der Waals surface area contributed by atoms with Crippen molar-refractivity contribution in [1.82, 2.24) is 9.88 Å². The van der Waals surface area contributed by atoms with E-state index >= 15 is 0 Å². The lowest BCUT2D eigenvalue weighted by Crippen LogP contribution is -2.37. The molecule has 1 aliphatic carbocycles. The Hall–Kier alpha value is -1.62. The molecule has 0 aromatic carbocycles. The minimum absolute atomic E-state index is 0.125. The van der Waals surface area contributed by atoms with Gasteiger partial charge in [0.15, 0.2) is 0 Å². The van der Waals surface area contributed by atoms with Crippen LogP contribution in [0.1, 0.15) is 54.7 Å². The van der Waals surface area contributed by atoms with Gasteiger partial charge in [0.1, 0.15) is 5.82 Å². The van der Waals surface area contributed by atoms with E-state index in [1.54, 1.807) is 0 Å². The summed E-state index contributed by atoms with van der Waals surface area (Å²) >= 11 is 0. The summed E-state index contributed by atoms with van der Waals surface area (Å²) in [5.41, 5.74) is 8.51. The maximum Gasteiger partial charge on any atom is 0.252 e. The highest BCUT2D eigenvalue weighted by molar-refractivity contribution is 5.97. The summed E-state index contributed by atoms with van der Waals surface area (Å²) in [4.78, 5) is 19.0. The largest absolute Gasteiger partial charge is 0.369 e. The van der Waals surface area contributed by atoms with Crippen LogP contribution in [0.2, 0.25) is 0 Å². The highest BCUT2D eigenvalue weighted by Crippen LogP contribution is 2.27. The number of nitrogens with one attached hydrogen (secondary N) is 1. The first-order chi connectivity index (χ1) is 10.9. The highest BCUT2D eigenvalue weighted by Gasteiger charge is 2.25. The average molecular weight is 316 g/mol. The summed E-state index contributed by atoms with van der Waals surface area (Å²) in [5, 5.41) is 3.40. The van der Waals surface area contributed by atoms with Crippen molar-refractivity contribution >= 4 is 11.7 Å². The maximum absolute atomic E-state index is 11.8. The normalized spacial score (nSPS) is 18.2. The first-order valence-electron chi connectivity index (χ1n) is 8.73. The number of rotatable bonds is 6. The Morgan fingerprint density at radius 3 is 2.74 bits per heavy atom. The van der Waals surface area contributed by atoms with Gasteiger partial charge < -0.3 is 16.0 Å². The van der Waals surface area contributed by atoms with Crippen molar-refractivity contribution < 1.29 is 4.79 Å². The first-order valence-corrected chi connectivity index (χ1v) is 8.73. The predicted molar refractivity (Wildman–Crippen MR) is 92.7 cm³/mol. The number of likely N-dealkylation sites (tertiary alicyclic amines) is 1. The number of amides is 1. The Kier molecular flexibility index (Phi) is 4.57. The fourth-order valence-electron chi connectivity index (χ4n) is 3.72. The molecule has 1 aromatic heterocycles. The van der Waals surface area contributed by atoms with E-state index in [1.807, 2.05) is 6.07 Å². The van der Waals surface area contributed by atoms with Crippen LogP contribution in [0.4, 0.5) is 5.82 Å². The molecule has 1 amide bonds. The van der Waals surface area contributed by atoms with Crippen LogP contribution in [0.25, 0.3) is 0 Å². The number of hydrogen-bond acceptors (Lipinski definition) is 4. The first kappa shape index (κ1) is 16.2. The van der Waals surface area contributed by atoms with E-state index in [1.165, 1.54) is 31.5 Å². The Balaban J connectivity index is 1.70. The monoisotopic (exact) mass is 316 g/mol. The molecule has 1 aromatic rings. The number of aromatic nitrogens is 1. The number of primary amides is 1. The smallest absolute Gasteiger partial charge is 0.252 e. The van der Waals surface area contributed by atoms with Gasteiger partial charge in [-0.3, -0.25) is 4.79 Å². The second kappa shape index (κ2) is 6.48. The van der Waals surface area contributed by atoms with Crippen molar-refractivity contribution in [3.05, 3.63) is 22.9 Å². The molecule has 2 aliphatic rings. The predicted octanol–water partition coefficient (Wildman–Crippen LogP) is 2.20. The molecule has 1 aliphatic heterocycles. The lowest BCUT2D eigenvalue weighted by molar-refractivity contribution is 0.100. The highest BCUT2D eigenvalue weighted by atomic mass is 16.1. The van der Waals surface area contributed by atoms with Crippen LogP contribution < -0.4 is 11.1 Å². The summed E-state index contributed by atoms with van der Waals surface area (Å²) in [6.07, 6.45) is 5.73. The zero-order chi connectivity index (χ0) is 16.4. The molecule has 5 heteroatoms. The number of anilines is 1. The summed E-state index contributed by atoms with van der Waals surface area (Å²) < 4.78 is 0. The van der Waals surface area contributed by atoms with Crippen molar-refractivity contribution in [2.45, 2.75) is 46.0 Å². The van der Waals surface area contributed by atoms with E-state index in [9.17, 15) is 4.79 Å². The summed E-state index contributed by atoms with van der Waals surface area (Å²) in [7, 11) is 0. The average Bonchev–Trinajstić information content (AvgIpc) is 3.14. The molecule has 2 heterocycles. The second-order valence-corrected chi connectivity index (χ2v) is 7.71. The van der Waals surface area contributed by atoms with E-state index in [0.29, 0.717) is 11.4 Å². The molecule has 5 nitrogen and oxygen atoms in total. The van der Waals surface area contributed by atoms with Crippen LogP contribution in [0.3, 0.4) is 0 Å². The fourth-order valence-corrected chi connectivity index (χ4v) is 3.72. The molecule has 1 fully saturated rings. The van der Waals surface area contributed by atoms with E-state index in [0.717, 1.165) is 38.0 Å². The molecule has 0 atom stereocenters. The van der Waals surface area contributed by atoms with Crippen molar-refractivity contribution in [1.29, 1.82) is 0 Å². The Bertz CT molecular complexity index is 591. The van der Waals surface area contributed by atoms with Crippen molar-refractivity contribution in [2.24, 2.45) is 11.1 Å². The van der Waals surface area contributed by atoms with Gasteiger partial charge in [-0.25, -0.2) is 4.98 Å². The molecule has 3 rings (SSSR count). The second-order valence-electron chi connectivity index (χ2n) is 7.71. The summed E-state index contributed by atoms with van der Waals surface area (Å²) in [6, 6.07) is 1.94. The lowest BCUT2D eigenvalue weighted by atomic mass is 9.92. The van der Waals surface area contributed by atoms with Gasteiger partial charge in [0.25, 0.3) is 5.91 Å². The summed E-state index contributed by atoms with van der Waals surface area (Å²) in [6.45, 7) is 8.78. The Morgan fingerprint density at radius 1 is 1.30 bits per heavy atom. The van der Waals surface area contributed by atoms with Gasteiger partial charge in [-0.05, 0) is 62.2 Å². The molecule has 0 spiro atoms. The SMILES string of the molecule is CC(C)(CNc1nc2c(cc1C(N)=O)CCC2)CN1CCCC1.